The standard InChI is InChI=1S/C7H5F5N2O/c8-5(9)4-3(13)1-2(6(15)14-4)7(10,11)12/h1,5H,13H2,(H,14,15). The van der Waals surface area contributed by atoms with Crippen molar-refractivity contribution < 1.29 is 22.0 Å². The van der Waals surface area contributed by atoms with Gasteiger partial charge in [0.2, 0.25) is 0 Å². The van der Waals surface area contributed by atoms with E-state index in [0.717, 1.165) is 0 Å². The second-order valence-corrected chi connectivity index (χ2v) is 2.68. The number of nitrogen functional groups attached to an aromatic ring is 1. The average Bonchev–Trinajstić information content (AvgIpc) is 2.06. The second-order valence-electron chi connectivity index (χ2n) is 2.68. The Morgan fingerprint density at radius 3 is 2.27 bits per heavy atom. The first kappa shape index (κ1) is 11.5. The fourth-order valence-electron chi connectivity index (χ4n) is 0.952. The Balaban J connectivity index is 3.39. The number of hydrogen-bond donors (Lipinski definition) is 2. The first-order chi connectivity index (χ1) is 6.73. The number of nitrogens with one attached hydrogen (secondary N) is 1. The normalized spacial score (nSPS) is 12.1. The number of hydrogen-bond acceptors (Lipinski definition) is 2. The van der Waals surface area contributed by atoms with Crippen molar-refractivity contribution in [1.29, 1.82) is 0 Å². The molecule has 0 aliphatic heterocycles. The minimum atomic E-state index is -4.91. The summed E-state index contributed by atoms with van der Waals surface area (Å²) in [5.74, 6) is 0. The van der Waals surface area contributed by atoms with Gasteiger partial charge < -0.3 is 10.7 Å². The van der Waals surface area contributed by atoms with Gasteiger partial charge >= 0.3 is 6.18 Å². The smallest absolute Gasteiger partial charge is 0.397 e. The van der Waals surface area contributed by atoms with E-state index in [4.69, 9.17) is 5.73 Å². The fourth-order valence-corrected chi connectivity index (χ4v) is 0.952. The fraction of sp³-hybridized carbons (Fsp3) is 0.286. The van der Waals surface area contributed by atoms with E-state index in [0.29, 0.717) is 0 Å². The van der Waals surface area contributed by atoms with Gasteiger partial charge in [-0.2, -0.15) is 13.2 Å². The largest absolute Gasteiger partial charge is 0.421 e. The first-order valence-electron chi connectivity index (χ1n) is 3.61. The predicted octanol–water partition coefficient (Wildman–Crippen LogP) is 1.91. The molecular weight excluding hydrogens is 223 g/mol. The molecule has 1 aromatic rings. The van der Waals surface area contributed by atoms with Crippen LogP contribution >= 0.6 is 0 Å². The first-order valence-corrected chi connectivity index (χ1v) is 3.61. The number of nitrogens with two attached hydrogens (primary N) is 1. The average molecular weight is 228 g/mol. The lowest BCUT2D eigenvalue weighted by atomic mass is 10.2. The molecule has 3 nitrogen and oxygen atoms in total. The number of aromatic nitrogens is 1. The van der Waals surface area contributed by atoms with Crippen LogP contribution in [-0.2, 0) is 6.18 Å². The van der Waals surface area contributed by atoms with Gasteiger partial charge in [0, 0.05) is 0 Å². The van der Waals surface area contributed by atoms with Crippen molar-refractivity contribution in [2.45, 2.75) is 12.6 Å². The van der Waals surface area contributed by atoms with E-state index >= 15 is 0 Å². The van der Waals surface area contributed by atoms with Gasteiger partial charge in [0.1, 0.15) is 11.3 Å². The maximum absolute atomic E-state index is 12.1. The number of H-pyrrole nitrogens is 1. The van der Waals surface area contributed by atoms with Crippen molar-refractivity contribution in [2.24, 2.45) is 0 Å². The minimum absolute atomic E-state index is 0.195. The topological polar surface area (TPSA) is 58.9 Å². The molecule has 15 heavy (non-hydrogen) atoms. The Labute approximate surface area is 79.7 Å². The molecule has 0 radical (unpaired) electrons. The van der Waals surface area contributed by atoms with Gasteiger partial charge in [-0.3, -0.25) is 4.79 Å². The van der Waals surface area contributed by atoms with Gasteiger partial charge in [0.05, 0.1) is 5.69 Å². The van der Waals surface area contributed by atoms with Gasteiger partial charge in [-0.05, 0) is 6.07 Å². The molecule has 0 atom stereocenters. The van der Waals surface area contributed by atoms with Gasteiger partial charge in [-0.25, -0.2) is 8.78 Å². The molecule has 0 amide bonds. The van der Waals surface area contributed by atoms with Crippen molar-refractivity contribution in [3.8, 4) is 0 Å². The van der Waals surface area contributed by atoms with Crippen LogP contribution in [0.15, 0.2) is 10.9 Å². The van der Waals surface area contributed by atoms with Crippen LogP contribution in [0.5, 0.6) is 0 Å². The molecule has 84 valence electrons. The van der Waals surface area contributed by atoms with Crippen molar-refractivity contribution in [1.82, 2.24) is 4.98 Å². The summed E-state index contributed by atoms with van der Waals surface area (Å²) in [6.07, 6.45) is -8.04. The van der Waals surface area contributed by atoms with E-state index in [1.807, 2.05) is 0 Å². The van der Waals surface area contributed by atoms with Crippen LogP contribution in [0.4, 0.5) is 27.6 Å². The molecule has 0 saturated heterocycles. The van der Waals surface area contributed by atoms with E-state index < -0.39 is 35.1 Å². The lowest BCUT2D eigenvalue weighted by molar-refractivity contribution is -0.138. The summed E-state index contributed by atoms with van der Waals surface area (Å²) < 4.78 is 60.5. The van der Waals surface area contributed by atoms with E-state index in [9.17, 15) is 26.7 Å². The van der Waals surface area contributed by atoms with Crippen LogP contribution in [0, 0.1) is 0 Å². The molecule has 8 heteroatoms. The third-order valence-corrected chi connectivity index (χ3v) is 1.63. The van der Waals surface area contributed by atoms with Crippen molar-refractivity contribution in [3.63, 3.8) is 0 Å². The van der Waals surface area contributed by atoms with Crippen LogP contribution in [0.3, 0.4) is 0 Å². The third-order valence-electron chi connectivity index (χ3n) is 1.63. The lowest BCUT2D eigenvalue weighted by Gasteiger charge is -2.09. The molecule has 0 aliphatic carbocycles. The predicted molar refractivity (Wildman–Crippen MR) is 41.4 cm³/mol. The van der Waals surface area contributed by atoms with Crippen LogP contribution in [0.1, 0.15) is 17.7 Å². The van der Waals surface area contributed by atoms with Crippen LogP contribution in [0.25, 0.3) is 0 Å². The van der Waals surface area contributed by atoms with Crippen LogP contribution in [-0.4, -0.2) is 4.98 Å². The van der Waals surface area contributed by atoms with Crippen LogP contribution < -0.4 is 11.3 Å². The number of aromatic amines is 1. The number of alkyl halides is 5. The summed E-state index contributed by atoms with van der Waals surface area (Å²) in [4.78, 5) is 12.2. The van der Waals surface area contributed by atoms with Gasteiger partial charge in [-0.15, -0.1) is 0 Å². The maximum Gasteiger partial charge on any atom is 0.421 e. The second kappa shape index (κ2) is 3.52. The molecule has 0 saturated carbocycles. The van der Waals surface area contributed by atoms with E-state index in [1.54, 1.807) is 0 Å². The highest BCUT2D eigenvalue weighted by Gasteiger charge is 2.35. The third kappa shape index (κ3) is 2.25. The van der Waals surface area contributed by atoms with Gasteiger partial charge in [0.15, 0.2) is 0 Å². The Bertz CT molecular complexity index is 422. The zero-order chi connectivity index (χ0) is 11.8. The highest BCUT2D eigenvalue weighted by molar-refractivity contribution is 5.46. The quantitative estimate of drug-likeness (QED) is 0.721. The van der Waals surface area contributed by atoms with Gasteiger partial charge in [-0.1, -0.05) is 0 Å². The number of rotatable bonds is 1. The summed E-state index contributed by atoms with van der Waals surface area (Å²) in [6, 6.07) is 0.195. The molecule has 0 spiro atoms. The minimum Gasteiger partial charge on any atom is -0.397 e. The highest BCUT2D eigenvalue weighted by atomic mass is 19.4. The highest BCUT2D eigenvalue weighted by Crippen LogP contribution is 2.29. The summed E-state index contributed by atoms with van der Waals surface area (Å²) in [5.41, 5.74) is -0.0888. The maximum atomic E-state index is 12.1. The monoisotopic (exact) mass is 228 g/mol. The molecule has 3 N–H and O–H groups in total. The zero-order valence-electron chi connectivity index (χ0n) is 7.03. The summed E-state index contributed by atoms with van der Waals surface area (Å²) in [6.45, 7) is 0. The molecule has 0 aliphatic rings. The SMILES string of the molecule is Nc1cc(C(F)(F)F)c(=O)[nH]c1C(F)F. The van der Waals surface area contributed by atoms with Crippen molar-refractivity contribution in [2.75, 3.05) is 5.73 Å². The number of anilines is 1. The molecule has 0 aromatic carbocycles. The Hall–Kier alpha value is -1.60. The number of halogens is 5. The van der Waals surface area contributed by atoms with Crippen molar-refractivity contribution >= 4 is 5.69 Å². The molecule has 0 bridgehead atoms. The number of pyridine rings is 1. The zero-order valence-corrected chi connectivity index (χ0v) is 7.03. The molecule has 1 rings (SSSR count). The van der Waals surface area contributed by atoms with Crippen LogP contribution in [0.2, 0.25) is 0 Å². The van der Waals surface area contributed by atoms with Crippen molar-refractivity contribution in [3.05, 3.63) is 27.7 Å². The summed E-state index contributed by atoms with van der Waals surface area (Å²) >= 11 is 0. The lowest BCUT2D eigenvalue weighted by Crippen LogP contribution is -2.23. The Morgan fingerprint density at radius 1 is 1.33 bits per heavy atom. The molecular formula is C7H5F5N2O. The van der Waals surface area contributed by atoms with E-state index in [2.05, 4.69) is 0 Å². The summed E-state index contributed by atoms with van der Waals surface area (Å²) in [5, 5.41) is 0. The molecule has 0 unspecified atom stereocenters. The van der Waals surface area contributed by atoms with E-state index in [-0.39, 0.29) is 6.07 Å². The van der Waals surface area contributed by atoms with Gasteiger partial charge in [0.25, 0.3) is 12.0 Å². The molecule has 1 heterocycles. The Morgan fingerprint density at radius 2 is 1.87 bits per heavy atom. The molecule has 0 fully saturated rings. The Kier molecular flexibility index (Phi) is 2.69. The molecule has 1 aromatic heterocycles. The van der Waals surface area contributed by atoms with E-state index in [1.165, 1.54) is 4.98 Å². The summed E-state index contributed by atoms with van der Waals surface area (Å²) in [7, 11) is 0.